The van der Waals surface area contributed by atoms with Crippen LogP contribution in [0.15, 0.2) is 49.1 Å². The Kier molecular flexibility index (Phi) is 2.04. The zero-order valence-electron chi connectivity index (χ0n) is 26.3. The molecule has 144 valence electrons. The van der Waals surface area contributed by atoms with Crippen molar-refractivity contribution in [2.75, 3.05) is 35.8 Å². The van der Waals surface area contributed by atoms with Crippen molar-refractivity contribution < 1.29 is 19.8 Å². The number of aromatic nitrogens is 3. The first-order valence-corrected chi connectivity index (χ1v) is 9.07. The highest BCUT2D eigenvalue weighted by molar-refractivity contribution is 6.96. The number of fused-ring (bicyclic) bond motifs is 2. The van der Waals surface area contributed by atoms with Crippen LogP contribution in [0.4, 0.5) is 11.4 Å². The van der Waals surface area contributed by atoms with Crippen LogP contribution in [0.1, 0.15) is 28.4 Å². The van der Waals surface area contributed by atoms with E-state index in [-0.39, 0.29) is 22.9 Å². The molecule has 4 heterocycles. The van der Waals surface area contributed by atoms with Gasteiger partial charge in [-0.3, -0.25) is 0 Å². The number of hydrogen-bond acceptors (Lipinski definition) is 6. The summed E-state index contributed by atoms with van der Waals surface area (Å²) in [6.07, 6.45) is -0.125. The molecule has 2 saturated heterocycles. The number of hydrogen-bond donors (Lipinski definition) is 0. The average molecular weight is 394 g/mol. The fourth-order valence-corrected chi connectivity index (χ4v) is 3.64. The van der Waals surface area contributed by atoms with Gasteiger partial charge >= 0.3 is 0 Å². The van der Waals surface area contributed by atoms with E-state index in [1.54, 1.807) is 12.1 Å². The van der Waals surface area contributed by atoms with Gasteiger partial charge in [0, 0.05) is 64.6 Å². The maximum absolute atomic E-state index is 8.35. The van der Waals surface area contributed by atoms with Gasteiger partial charge in [0.25, 0.3) is 6.71 Å². The molecule has 2 aromatic carbocycles. The van der Waals surface area contributed by atoms with Gasteiger partial charge < -0.3 is 14.5 Å². The lowest BCUT2D eigenvalue weighted by Gasteiger charge is -2.40. The summed E-state index contributed by atoms with van der Waals surface area (Å²) in [5.74, 6) is -1.64. The number of ether oxygens (including phenoxy) is 1. The zero-order chi connectivity index (χ0) is 29.3. The average Bonchev–Trinajstić information content (AvgIpc) is 2.86. The van der Waals surface area contributed by atoms with Crippen molar-refractivity contribution in [1.82, 2.24) is 15.0 Å². The number of rotatable bonds is 3. The Morgan fingerprint density at radius 1 is 1.00 bits per heavy atom. The van der Waals surface area contributed by atoms with Crippen LogP contribution in [-0.4, -0.2) is 47.7 Å². The van der Waals surface area contributed by atoms with Crippen LogP contribution in [0.2, 0.25) is 0 Å². The van der Waals surface area contributed by atoms with Crippen molar-refractivity contribution in [2.24, 2.45) is 5.89 Å². The quantitative estimate of drug-likeness (QED) is 0.486. The highest BCUT2D eigenvalue weighted by atomic mass is 16.5. The maximum atomic E-state index is 8.35. The van der Waals surface area contributed by atoms with E-state index in [2.05, 4.69) is 15.0 Å². The van der Waals surface area contributed by atoms with Crippen LogP contribution in [0, 0.1) is 5.89 Å². The highest BCUT2D eigenvalue weighted by Gasteiger charge is 2.36. The zero-order valence-corrected chi connectivity index (χ0v) is 15.3. The van der Waals surface area contributed by atoms with Crippen molar-refractivity contribution in [3.8, 4) is 11.5 Å². The Balaban J connectivity index is 1.47. The normalized spacial score (nSPS) is 33.1. The molecule has 0 spiro atoms. The van der Waals surface area contributed by atoms with Crippen LogP contribution in [0.25, 0.3) is 0 Å². The van der Waals surface area contributed by atoms with E-state index in [0.29, 0.717) is 21.5 Å². The van der Waals surface area contributed by atoms with Gasteiger partial charge in [-0.25, -0.2) is 15.0 Å². The Bertz CT molecular complexity index is 1410. The standard InChI is InChI=1S/C22H22BN5O/c1-15-11-28(12-15)17-4-6-19-21(10-17)29-20-9-16(27-7-2-8-27)3-5-18(20)23(19)22-25-13-24-14-26-22/h3-6,9-10,13-15H,2,7-8,11-12H2,1H3/i2D2,7D2,8D2,11D2,12D2,15D. The molecular formula is C22H22BN5O. The lowest BCUT2D eigenvalue weighted by molar-refractivity contribution is 0.445. The minimum Gasteiger partial charge on any atom is -0.458 e. The first kappa shape index (κ1) is 9.16. The van der Waals surface area contributed by atoms with Gasteiger partial charge in [0.05, 0.1) is 0 Å². The molecule has 2 fully saturated rings. The third-order valence-electron chi connectivity index (χ3n) is 5.02. The van der Waals surface area contributed by atoms with Crippen LogP contribution in [0.3, 0.4) is 0 Å². The van der Waals surface area contributed by atoms with Crippen molar-refractivity contribution >= 4 is 34.7 Å². The second kappa shape index (κ2) is 6.47. The number of benzene rings is 2. The molecule has 3 aliphatic rings. The summed E-state index contributed by atoms with van der Waals surface area (Å²) in [5, 5.41) is 0. The summed E-state index contributed by atoms with van der Waals surface area (Å²) in [6.45, 7) is -9.36. The highest BCUT2D eigenvalue weighted by Crippen LogP contribution is 2.33. The third kappa shape index (κ3) is 2.75. The predicted octanol–water partition coefficient (Wildman–Crippen LogP) is 1.16. The Morgan fingerprint density at radius 3 is 2.28 bits per heavy atom. The molecule has 3 aromatic rings. The largest absolute Gasteiger partial charge is 0.458 e. The molecule has 0 atom stereocenters. The first-order chi connectivity index (χ1) is 18.4. The van der Waals surface area contributed by atoms with Gasteiger partial charge in [0.1, 0.15) is 29.9 Å². The molecule has 7 heteroatoms. The summed E-state index contributed by atoms with van der Waals surface area (Å²) in [4.78, 5) is 14.0. The topological polar surface area (TPSA) is 54.4 Å². The van der Waals surface area contributed by atoms with Gasteiger partial charge in [0.15, 0.2) is 0 Å². The molecule has 6 nitrogen and oxygen atoms in total. The van der Waals surface area contributed by atoms with Crippen LogP contribution in [-0.2, 0) is 0 Å². The minimum atomic E-state index is -2.77. The van der Waals surface area contributed by atoms with Gasteiger partial charge in [-0.2, -0.15) is 0 Å². The molecule has 3 aliphatic heterocycles. The van der Waals surface area contributed by atoms with E-state index < -0.39 is 45.0 Å². The van der Waals surface area contributed by atoms with Crippen molar-refractivity contribution in [2.45, 2.75) is 13.3 Å². The van der Waals surface area contributed by atoms with Gasteiger partial charge in [0.2, 0.25) is 0 Å². The fourth-order valence-electron chi connectivity index (χ4n) is 3.64. The van der Waals surface area contributed by atoms with Crippen LogP contribution >= 0.6 is 0 Å². The maximum Gasteiger partial charge on any atom is 0.298 e. The second-order valence-electron chi connectivity index (χ2n) is 6.84. The number of anilines is 2. The molecule has 0 amide bonds. The smallest absolute Gasteiger partial charge is 0.298 e. The van der Waals surface area contributed by atoms with Crippen molar-refractivity contribution in [3.05, 3.63) is 49.1 Å². The third-order valence-corrected chi connectivity index (χ3v) is 5.02. The van der Waals surface area contributed by atoms with Crippen molar-refractivity contribution in [1.29, 1.82) is 0 Å². The lowest BCUT2D eigenvalue weighted by Crippen LogP contribution is -2.57. The predicted molar refractivity (Wildman–Crippen MR) is 116 cm³/mol. The van der Waals surface area contributed by atoms with E-state index >= 15 is 0 Å². The summed E-state index contributed by atoms with van der Waals surface area (Å²) >= 11 is 0. The van der Waals surface area contributed by atoms with E-state index in [0.717, 1.165) is 4.90 Å². The molecule has 0 unspecified atom stereocenters. The van der Waals surface area contributed by atoms with E-state index in [9.17, 15) is 0 Å². The van der Waals surface area contributed by atoms with Gasteiger partial charge in [-0.15, -0.1) is 0 Å². The molecule has 0 radical (unpaired) electrons. The molecule has 29 heavy (non-hydrogen) atoms. The molecule has 1 aromatic heterocycles. The van der Waals surface area contributed by atoms with Crippen molar-refractivity contribution in [3.63, 3.8) is 0 Å². The minimum absolute atomic E-state index is 0.0401. The van der Waals surface area contributed by atoms with E-state index in [1.807, 2.05) is 0 Å². The molecule has 0 saturated carbocycles. The summed E-state index contributed by atoms with van der Waals surface area (Å²) in [5.41, 5.74) is 1.67. The fraction of sp³-hybridized carbons (Fsp3) is 0.318. The lowest BCUT2D eigenvalue weighted by atomic mass is 9.38. The van der Waals surface area contributed by atoms with E-state index in [1.165, 1.54) is 43.8 Å². The summed E-state index contributed by atoms with van der Waals surface area (Å²) < 4.78 is 96.3. The second-order valence-corrected chi connectivity index (χ2v) is 6.84. The summed E-state index contributed by atoms with van der Waals surface area (Å²) in [6, 6.07) is 9.10. The van der Waals surface area contributed by atoms with Crippen LogP contribution < -0.4 is 31.2 Å². The molecular weight excluding hydrogens is 361 g/mol. The molecule has 0 N–H and O–H groups in total. The summed E-state index contributed by atoms with van der Waals surface area (Å²) in [7, 11) is 0. The first-order valence-electron chi connectivity index (χ1n) is 14.6. The van der Waals surface area contributed by atoms with Gasteiger partial charge in [-0.05, 0) is 35.3 Å². The Morgan fingerprint density at radius 2 is 1.62 bits per heavy atom. The Labute approximate surface area is 186 Å². The number of nitrogens with zero attached hydrogens (tertiary/aromatic N) is 5. The monoisotopic (exact) mass is 394 g/mol. The Hall–Kier alpha value is -3.09. The van der Waals surface area contributed by atoms with Gasteiger partial charge in [-0.1, -0.05) is 19.1 Å². The van der Waals surface area contributed by atoms with Crippen LogP contribution in [0.5, 0.6) is 11.5 Å². The molecule has 6 rings (SSSR count). The molecule has 0 bridgehead atoms. The molecule has 0 aliphatic carbocycles. The SMILES string of the molecule is [2H]C1([2H])N(c2ccc3c(c2)Oc2cc(N4C([2H])([2H])C([2H])(C)C4([2H])[2H])ccc2B3c2ncncn2)C([2H])([2H])C1([2H])[2H]. The van der Waals surface area contributed by atoms with E-state index in [4.69, 9.17) is 19.8 Å².